The van der Waals surface area contributed by atoms with Crippen molar-refractivity contribution in [3.05, 3.63) is 281 Å². The molecule has 64 heavy (non-hydrogen) atoms. The number of hydrogen-bond acceptors (Lipinski definition) is 4. The van der Waals surface area contributed by atoms with Crippen LogP contribution in [0.3, 0.4) is 0 Å². The third-order valence-electron chi connectivity index (χ3n) is 13.7. The molecule has 3 unspecified atom stereocenters. The molecule has 0 saturated carbocycles. The molecule has 5 aromatic heterocycles. The summed E-state index contributed by atoms with van der Waals surface area (Å²) in [6.07, 6.45) is 15.4. The first-order valence-electron chi connectivity index (χ1n) is 21.3. The van der Waals surface area contributed by atoms with Gasteiger partial charge in [0.05, 0.1) is 35.2 Å². The van der Waals surface area contributed by atoms with Gasteiger partial charge < -0.3 is 9.13 Å². The van der Waals surface area contributed by atoms with E-state index in [2.05, 4.69) is 175 Å². The summed E-state index contributed by atoms with van der Waals surface area (Å²) in [6.45, 7) is 0. The molecule has 7 heteroatoms. The van der Waals surface area contributed by atoms with Crippen LogP contribution < -0.4 is 4.57 Å². The Labute approximate surface area is 386 Å². The SMILES string of the molecule is C[n+]1[c-]n(C2(c3[c-]c(C4(c5[c-]c(C6(c7ccccn7)c7ccccc7-c7ncccc76)ccc5)c5ccccc5-c5ncccc54)ccc3)c3ccccc3-c3ncccc32)cc1.[Pt]. The molecule has 0 N–H and O–H groups in total. The molecule has 0 radical (unpaired) electrons. The third kappa shape index (κ3) is 4.86. The number of rotatable bonds is 6. The fourth-order valence-corrected chi connectivity index (χ4v) is 11.3. The van der Waals surface area contributed by atoms with Gasteiger partial charge >= 0.3 is 0 Å². The molecule has 0 saturated heterocycles. The molecule has 3 atom stereocenters. The van der Waals surface area contributed by atoms with Gasteiger partial charge in [-0.3, -0.25) is 19.9 Å². The van der Waals surface area contributed by atoms with Crippen LogP contribution in [0.5, 0.6) is 0 Å². The van der Waals surface area contributed by atoms with Crippen molar-refractivity contribution in [3.63, 3.8) is 0 Å². The number of nitrogens with zero attached hydrogens (tertiary/aromatic N) is 6. The molecule has 0 bridgehead atoms. The maximum absolute atomic E-state index is 5.14. The van der Waals surface area contributed by atoms with E-state index in [9.17, 15) is 0 Å². The summed E-state index contributed by atoms with van der Waals surface area (Å²) in [5.41, 5.74) is 15.1. The Hall–Kier alpha value is -7.40. The van der Waals surface area contributed by atoms with E-state index >= 15 is 0 Å². The number of pyridine rings is 4. The van der Waals surface area contributed by atoms with E-state index in [1.807, 2.05) is 60.8 Å². The molecule has 0 fully saturated rings. The van der Waals surface area contributed by atoms with Crippen LogP contribution in [0, 0.1) is 18.5 Å². The van der Waals surface area contributed by atoms with Crippen molar-refractivity contribution >= 4 is 0 Å². The first-order chi connectivity index (χ1) is 31.2. The maximum Gasteiger partial charge on any atom is 0.204 e. The van der Waals surface area contributed by atoms with Crippen LogP contribution in [-0.2, 0) is 44.5 Å². The van der Waals surface area contributed by atoms with Gasteiger partial charge in [-0.2, -0.15) is 48.5 Å². The molecule has 306 valence electrons. The summed E-state index contributed by atoms with van der Waals surface area (Å²) >= 11 is 0. The van der Waals surface area contributed by atoms with Crippen molar-refractivity contribution in [1.82, 2.24) is 24.5 Å². The first-order valence-corrected chi connectivity index (χ1v) is 21.3. The van der Waals surface area contributed by atoms with Crippen LogP contribution in [0.1, 0.15) is 61.3 Å². The first kappa shape index (κ1) is 38.3. The summed E-state index contributed by atoms with van der Waals surface area (Å²) in [4.78, 5) is 20.3. The third-order valence-corrected chi connectivity index (χ3v) is 13.7. The molecule has 0 amide bonds. The van der Waals surface area contributed by atoms with Crippen LogP contribution in [0.25, 0.3) is 33.8 Å². The summed E-state index contributed by atoms with van der Waals surface area (Å²) in [6, 6.07) is 66.6. The Morgan fingerprint density at radius 2 is 0.875 bits per heavy atom. The standard InChI is InChI=1S/C57H36N6.Pt/c1-62-33-34-63(37-62)57(47-24-7-4-21-44(47)54-50(57)27-14-32-61-54)41-18-11-16-39(36-41)55(45-22-5-2-19-42(45)52-48(55)25-12-30-59-52)38-15-10-17-40(35-38)56(51-28-8-9-29-58-51)46-23-6-3-20-43(46)53-49(56)26-13-31-60-53;/h2-34H,1H3;/q-2;. The van der Waals surface area contributed by atoms with E-state index in [0.717, 1.165) is 95.1 Å². The maximum atomic E-state index is 5.14. The van der Waals surface area contributed by atoms with E-state index in [4.69, 9.17) is 19.9 Å². The Balaban J connectivity index is 0.00000433. The van der Waals surface area contributed by atoms with Gasteiger partial charge in [0.15, 0.2) is 0 Å². The second kappa shape index (κ2) is 14.3. The topological polar surface area (TPSA) is 60.4 Å². The van der Waals surface area contributed by atoms with Gasteiger partial charge in [0.1, 0.15) is 5.54 Å². The summed E-state index contributed by atoms with van der Waals surface area (Å²) in [5.74, 6) is 0. The molecule has 3 aliphatic rings. The van der Waals surface area contributed by atoms with E-state index in [1.54, 1.807) is 0 Å². The Morgan fingerprint density at radius 1 is 0.422 bits per heavy atom. The van der Waals surface area contributed by atoms with Gasteiger partial charge in [-0.25, -0.2) is 0 Å². The molecule has 5 aromatic carbocycles. The molecule has 0 aliphatic heterocycles. The monoisotopic (exact) mass is 999 g/mol. The Kier molecular flexibility index (Phi) is 8.56. The van der Waals surface area contributed by atoms with E-state index in [0.29, 0.717) is 0 Å². The molecule has 5 heterocycles. The largest absolute Gasteiger partial charge is 0.354 e. The van der Waals surface area contributed by atoms with Crippen molar-refractivity contribution in [1.29, 1.82) is 0 Å². The number of benzene rings is 5. The second-order valence-electron chi connectivity index (χ2n) is 16.6. The van der Waals surface area contributed by atoms with Gasteiger partial charge in [0.25, 0.3) is 0 Å². The summed E-state index contributed by atoms with van der Waals surface area (Å²) < 4.78 is 4.18. The Morgan fingerprint density at radius 3 is 1.47 bits per heavy atom. The van der Waals surface area contributed by atoms with E-state index < -0.39 is 16.4 Å². The molecule has 6 nitrogen and oxygen atoms in total. The predicted octanol–water partition coefficient (Wildman–Crippen LogP) is 9.84. The van der Waals surface area contributed by atoms with Gasteiger partial charge in [-0.1, -0.05) is 97.1 Å². The van der Waals surface area contributed by atoms with Crippen molar-refractivity contribution < 1.29 is 25.6 Å². The number of fused-ring (bicyclic) bond motifs is 9. The molecule has 13 rings (SSSR count). The normalized spacial score (nSPS) is 19.4. The van der Waals surface area contributed by atoms with Gasteiger partial charge in [-0.05, 0) is 65.0 Å². The smallest absolute Gasteiger partial charge is 0.204 e. The van der Waals surface area contributed by atoms with Crippen LogP contribution >= 0.6 is 0 Å². The van der Waals surface area contributed by atoms with Gasteiger partial charge in [-0.15, -0.1) is 22.3 Å². The minimum atomic E-state index is -0.879. The van der Waals surface area contributed by atoms with E-state index in [-0.39, 0.29) is 21.1 Å². The minimum absolute atomic E-state index is 0. The zero-order chi connectivity index (χ0) is 41.8. The number of hydrogen-bond donors (Lipinski definition) is 0. The van der Waals surface area contributed by atoms with E-state index in [1.165, 1.54) is 0 Å². The summed E-state index contributed by atoms with van der Waals surface area (Å²) in [7, 11) is 2.02. The average molecular weight is 1000 g/mol. The van der Waals surface area contributed by atoms with Crippen LogP contribution in [0.2, 0.25) is 0 Å². The second-order valence-corrected chi connectivity index (χ2v) is 16.6. The van der Waals surface area contributed by atoms with Crippen molar-refractivity contribution in [2.24, 2.45) is 7.05 Å². The fourth-order valence-electron chi connectivity index (χ4n) is 11.3. The molecule has 3 aliphatic carbocycles. The Bertz CT molecular complexity index is 3330. The van der Waals surface area contributed by atoms with Gasteiger partial charge in [0.2, 0.25) is 6.33 Å². The number of imidazole rings is 1. The van der Waals surface area contributed by atoms with Crippen molar-refractivity contribution in [2.75, 3.05) is 0 Å². The average Bonchev–Trinajstić information content (AvgIpc) is 4.09. The number of aromatic nitrogens is 6. The molecular formula is C57H36N6Pt-2. The van der Waals surface area contributed by atoms with Crippen LogP contribution in [0.15, 0.2) is 201 Å². The zero-order valence-corrected chi connectivity index (χ0v) is 36.8. The molecule has 0 spiro atoms. The van der Waals surface area contributed by atoms with Crippen LogP contribution in [0.4, 0.5) is 0 Å². The van der Waals surface area contributed by atoms with Gasteiger partial charge in [0, 0.05) is 79.1 Å². The zero-order valence-electron chi connectivity index (χ0n) is 34.6. The molecular weight excluding hydrogens is 964 g/mol. The predicted molar refractivity (Wildman–Crippen MR) is 242 cm³/mol. The number of aryl methyl sites for hydroxylation is 1. The molecule has 10 aromatic rings. The summed E-state index contributed by atoms with van der Waals surface area (Å²) in [5, 5.41) is 0. The van der Waals surface area contributed by atoms with Crippen LogP contribution in [-0.4, -0.2) is 24.5 Å². The van der Waals surface area contributed by atoms with Crippen molar-refractivity contribution in [2.45, 2.75) is 16.4 Å². The van der Waals surface area contributed by atoms with Crippen molar-refractivity contribution in [3.8, 4) is 33.8 Å². The quantitative estimate of drug-likeness (QED) is 0.123. The fraction of sp³-hybridized carbons (Fsp3) is 0.0702. The minimum Gasteiger partial charge on any atom is -0.354 e.